The predicted molar refractivity (Wildman–Crippen MR) is 120 cm³/mol. The van der Waals surface area contributed by atoms with E-state index in [1.165, 1.54) is 27.6 Å². The lowest BCUT2D eigenvalue weighted by Gasteiger charge is -2.38. The normalized spacial score (nSPS) is 22.2. The number of rotatable bonds is 3. The summed E-state index contributed by atoms with van der Waals surface area (Å²) in [4.78, 5) is 12.1. The number of nitrogens with one attached hydrogen (secondary N) is 2. The number of amides is 1. The van der Waals surface area contributed by atoms with Gasteiger partial charge in [0.1, 0.15) is 0 Å². The Morgan fingerprint density at radius 1 is 1.03 bits per heavy atom. The predicted octanol–water partition coefficient (Wildman–Crippen LogP) is 6.26. The molecule has 3 atom stereocenters. The van der Waals surface area contributed by atoms with E-state index in [9.17, 15) is 4.79 Å². The van der Waals surface area contributed by atoms with Crippen molar-refractivity contribution >= 4 is 28.1 Å². The molecule has 2 aliphatic rings. The number of carbonyl (C=O) groups excluding carboxylic acids is 1. The van der Waals surface area contributed by atoms with Gasteiger partial charge >= 0.3 is 0 Å². The molecule has 1 amide bonds. The SMILES string of the molecule is CC(C)C(=O)Nc1ccc2c(c1)C1C=CCC1C(c1ccc3ccccc3c1)N2. The molecule has 29 heavy (non-hydrogen) atoms. The van der Waals surface area contributed by atoms with Crippen molar-refractivity contribution in [1.29, 1.82) is 0 Å². The standard InChI is InChI=1S/C26H26N2O/c1-16(2)26(29)27-20-12-13-24-23(15-20)21-8-5-9-22(21)25(28-24)19-11-10-17-6-3-4-7-18(17)14-19/h3-8,10-16,21-22,25,28H,9H2,1-2H3,(H,27,29). The van der Waals surface area contributed by atoms with Crippen LogP contribution in [0.5, 0.6) is 0 Å². The van der Waals surface area contributed by atoms with E-state index in [2.05, 4.69) is 77.4 Å². The Morgan fingerprint density at radius 3 is 2.69 bits per heavy atom. The lowest BCUT2D eigenvalue weighted by Crippen LogP contribution is -2.29. The highest BCUT2D eigenvalue weighted by Crippen LogP contribution is 2.50. The molecule has 3 aromatic rings. The number of fused-ring (bicyclic) bond motifs is 4. The molecule has 3 heteroatoms. The summed E-state index contributed by atoms with van der Waals surface area (Å²) in [6.07, 6.45) is 5.71. The van der Waals surface area contributed by atoms with Crippen molar-refractivity contribution in [3.63, 3.8) is 0 Å². The molecule has 0 spiro atoms. The van der Waals surface area contributed by atoms with Gasteiger partial charge in [0.15, 0.2) is 0 Å². The Bertz CT molecular complexity index is 1110. The van der Waals surface area contributed by atoms with Crippen LogP contribution in [0, 0.1) is 11.8 Å². The number of hydrogen-bond donors (Lipinski definition) is 2. The second kappa shape index (κ2) is 7.07. The van der Waals surface area contributed by atoms with Crippen LogP contribution in [-0.2, 0) is 4.79 Å². The first-order valence-electron chi connectivity index (χ1n) is 10.5. The molecule has 0 saturated heterocycles. The first-order chi connectivity index (χ1) is 14.1. The average Bonchev–Trinajstić information content (AvgIpc) is 3.23. The van der Waals surface area contributed by atoms with Crippen molar-refractivity contribution in [2.24, 2.45) is 11.8 Å². The highest BCUT2D eigenvalue weighted by atomic mass is 16.1. The summed E-state index contributed by atoms with van der Waals surface area (Å²) >= 11 is 0. The molecule has 0 radical (unpaired) electrons. The third-order valence-electron chi connectivity index (χ3n) is 6.29. The summed E-state index contributed by atoms with van der Waals surface area (Å²) < 4.78 is 0. The number of anilines is 2. The zero-order valence-electron chi connectivity index (χ0n) is 16.9. The van der Waals surface area contributed by atoms with E-state index in [1.54, 1.807) is 0 Å². The van der Waals surface area contributed by atoms with Gasteiger partial charge in [-0.15, -0.1) is 0 Å². The highest BCUT2D eigenvalue weighted by Gasteiger charge is 2.38. The Kier molecular flexibility index (Phi) is 4.39. The molecule has 5 rings (SSSR count). The molecular weight excluding hydrogens is 356 g/mol. The monoisotopic (exact) mass is 382 g/mol. The fourth-order valence-electron chi connectivity index (χ4n) is 4.69. The quantitative estimate of drug-likeness (QED) is 0.525. The van der Waals surface area contributed by atoms with Crippen LogP contribution in [-0.4, -0.2) is 5.91 Å². The van der Waals surface area contributed by atoms with Crippen LogP contribution in [0.4, 0.5) is 11.4 Å². The van der Waals surface area contributed by atoms with Crippen LogP contribution in [0.3, 0.4) is 0 Å². The Labute approximate surface area is 171 Å². The fourth-order valence-corrected chi connectivity index (χ4v) is 4.69. The van der Waals surface area contributed by atoms with Crippen molar-refractivity contribution < 1.29 is 4.79 Å². The van der Waals surface area contributed by atoms with Crippen molar-refractivity contribution in [3.8, 4) is 0 Å². The third-order valence-corrected chi connectivity index (χ3v) is 6.29. The molecule has 3 nitrogen and oxygen atoms in total. The zero-order chi connectivity index (χ0) is 20.0. The van der Waals surface area contributed by atoms with E-state index in [4.69, 9.17) is 0 Å². The van der Waals surface area contributed by atoms with Crippen molar-refractivity contribution in [1.82, 2.24) is 0 Å². The Hall–Kier alpha value is -3.07. The van der Waals surface area contributed by atoms with Crippen LogP contribution in [0.15, 0.2) is 72.8 Å². The summed E-state index contributed by atoms with van der Waals surface area (Å²) in [6.45, 7) is 3.83. The van der Waals surface area contributed by atoms with Crippen LogP contribution >= 0.6 is 0 Å². The van der Waals surface area contributed by atoms with Crippen LogP contribution in [0.25, 0.3) is 10.8 Å². The second-order valence-electron chi connectivity index (χ2n) is 8.53. The summed E-state index contributed by atoms with van der Waals surface area (Å²) in [5.41, 5.74) is 4.67. The van der Waals surface area contributed by atoms with E-state index < -0.39 is 0 Å². The van der Waals surface area contributed by atoms with Gasteiger partial charge in [-0.1, -0.05) is 62.4 Å². The molecule has 2 N–H and O–H groups in total. The van der Waals surface area contributed by atoms with E-state index in [0.717, 1.165) is 12.1 Å². The summed E-state index contributed by atoms with van der Waals surface area (Å²) in [5, 5.41) is 9.40. The molecule has 1 aliphatic carbocycles. The average molecular weight is 383 g/mol. The lowest BCUT2D eigenvalue weighted by molar-refractivity contribution is -0.118. The van der Waals surface area contributed by atoms with Crippen molar-refractivity contribution in [3.05, 3.63) is 83.9 Å². The number of allylic oxidation sites excluding steroid dienone is 2. The Morgan fingerprint density at radius 2 is 1.86 bits per heavy atom. The van der Waals surface area contributed by atoms with Gasteiger partial charge < -0.3 is 10.6 Å². The smallest absolute Gasteiger partial charge is 0.226 e. The minimum absolute atomic E-state index is 0.0273. The van der Waals surface area contributed by atoms with E-state index >= 15 is 0 Å². The number of carbonyl (C=O) groups is 1. The maximum absolute atomic E-state index is 12.1. The largest absolute Gasteiger partial charge is 0.378 e. The summed E-state index contributed by atoms with van der Waals surface area (Å²) in [7, 11) is 0. The fraction of sp³-hybridized carbons (Fsp3) is 0.269. The molecule has 1 aliphatic heterocycles. The van der Waals surface area contributed by atoms with E-state index in [0.29, 0.717) is 11.8 Å². The van der Waals surface area contributed by atoms with Gasteiger partial charge in [0, 0.05) is 23.2 Å². The van der Waals surface area contributed by atoms with Gasteiger partial charge in [0.2, 0.25) is 5.91 Å². The number of hydrogen-bond acceptors (Lipinski definition) is 2. The minimum atomic E-state index is -0.0273. The molecule has 3 aromatic carbocycles. The zero-order valence-corrected chi connectivity index (χ0v) is 16.9. The maximum atomic E-state index is 12.1. The molecule has 1 heterocycles. The van der Waals surface area contributed by atoms with E-state index in [-0.39, 0.29) is 17.9 Å². The third kappa shape index (κ3) is 3.21. The van der Waals surface area contributed by atoms with Gasteiger partial charge in [-0.25, -0.2) is 0 Å². The highest BCUT2D eigenvalue weighted by molar-refractivity contribution is 5.92. The van der Waals surface area contributed by atoms with Crippen LogP contribution in [0.2, 0.25) is 0 Å². The number of benzene rings is 3. The van der Waals surface area contributed by atoms with Gasteiger partial charge in [0.05, 0.1) is 6.04 Å². The van der Waals surface area contributed by atoms with E-state index in [1.807, 2.05) is 19.9 Å². The molecular formula is C26H26N2O. The molecule has 146 valence electrons. The van der Waals surface area contributed by atoms with Crippen LogP contribution in [0.1, 0.15) is 43.4 Å². The molecule has 0 bridgehead atoms. The molecule has 0 aromatic heterocycles. The lowest BCUT2D eigenvalue weighted by atomic mass is 9.76. The Balaban J connectivity index is 1.50. The van der Waals surface area contributed by atoms with Gasteiger partial charge in [-0.3, -0.25) is 4.79 Å². The molecule has 0 fully saturated rings. The molecule has 0 saturated carbocycles. The topological polar surface area (TPSA) is 41.1 Å². The molecule has 3 unspecified atom stereocenters. The minimum Gasteiger partial charge on any atom is -0.378 e. The first kappa shape index (κ1) is 18.0. The summed E-state index contributed by atoms with van der Waals surface area (Å²) in [5.74, 6) is 0.889. The second-order valence-corrected chi connectivity index (χ2v) is 8.53. The first-order valence-corrected chi connectivity index (χ1v) is 10.5. The van der Waals surface area contributed by atoms with Gasteiger partial charge in [0.25, 0.3) is 0 Å². The summed E-state index contributed by atoms with van der Waals surface area (Å²) in [6, 6.07) is 21.9. The van der Waals surface area contributed by atoms with Gasteiger partial charge in [-0.2, -0.15) is 0 Å². The van der Waals surface area contributed by atoms with Crippen molar-refractivity contribution in [2.45, 2.75) is 32.2 Å². The maximum Gasteiger partial charge on any atom is 0.226 e. The van der Waals surface area contributed by atoms with Crippen LogP contribution < -0.4 is 10.6 Å². The van der Waals surface area contributed by atoms with Gasteiger partial charge in [-0.05, 0) is 58.5 Å². The van der Waals surface area contributed by atoms with Crippen molar-refractivity contribution in [2.75, 3.05) is 10.6 Å².